The first-order valence-electron chi connectivity index (χ1n) is 8.61. The molecule has 1 aromatic carbocycles. The molecule has 22 heavy (non-hydrogen) atoms. The highest BCUT2D eigenvalue weighted by Gasteiger charge is 2.24. The van der Waals surface area contributed by atoms with Gasteiger partial charge in [0, 0.05) is 17.6 Å². The number of halogens is 2. The van der Waals surface area contributed by atoms with Crippen molar-refractivity contribution in [2.75, 3.05) is 19.6 Å². The van der Waals surface area contributed by atoms with Crippen molar-refractivity contribution in [1.82, 2.24) is 10.6 Å². The van der Waals surface area contributed by atoms with Gasteiger partial charge in [0.15, 0.2) is 0 Å². The van der Waals surface area contributed by atoms with Gasteiger partial charge in [-0.2, -0.15) is 0 Å². The van der Waals surface area contributed by atoms with Crippen LogP contribution in [-0.2, 0) is 0 Å². The maximum absolute atomic E-state index is 13.1. The zero-order chi connectivity index (χ0) is 15.4. The predicted molar refractivity (Wildman–Crippen MR) is 90.0 cm³/mol. The molecule has 1 unspecified atom stereocenters. The van der Waals surface area contributed by atoms with Crippen LogP contribution in [0.4, 0.5) is 4.39 Å². The van der Waals surface area contributed by atoms with Crippen LogP contribution in [0.15, 0.2) is 18.2 Å². The van der Waals surface area contributed by atoms with E-state index in [1.165, 1.54) is 50.7 Å². The van der Waals surface area contributed by atoms with E-state index in [1.54, 1.807) is 0 Å². The predicted octanol–water partition coefficient (Wildman–Crippen LogP) is 4.09. The van der Waals surface area contributed by atoms with Crippen molar-refractivity contribution in [3.63, 3.8) is 0 Å². The molecule has 2 fully saturated rings. The summed E-state index contributed by atoms with van der Waals surface area (Å²) in [6.07, 6.45) is 7.43. The summed E-state index contributed by atoms with van der Waals surface area (Å²) in [6.45, 7) is 3.41. The Balaban J connectivity index is 1.42. The van der Waals surface area contributed by atoms with Gasteiger partial charge in [0.25, 0.3) is 0 Å². The van der Waals surface area contributed by atoms with Crippen LogP contribution in [0.1, 0.15) is 50.0 Å². The summed E-state index contributed by atoms with van der Waals surface area (Å²) in [5, 5.41) is 7.65. The molecule has 2 N–H and O–H groups in total. The van der Waals surface area contributed by atoms with Crippen LogP contribution in [0.2, 0.25) is 5.02 Å². The number of benzene rings is 1. The Kier molecular flexibility index (Phi) is 5.72. The second kappa shape index (κ2) is 7.76. The van der Waals surface area contributed by atoms with Crippen molar-refractivity contribution in [2.45, 2.75) is 50.5 Å². The first-order valence-corrected chi connectivity index (χ1v) is 8.99. The highest BCUT2D eigenvalue weighted by molar-refractivity contribution is 6.31. The largest absolute Gasteiger partial charge is 0.315 e. The normalized spacial score (nSPS) is 28.9. The maximum atomic E-state index is 13.1. The van der Waals surface area contributed by atoms with E-state index in [0.29, 0.717) is 17.0 Å². The molecule has 4 heteroatoms. The second-order valence-corrected chi connectivity index (χ2v) is 7.22. The first kappa shape index (κ1) is 16.2. The van der Waals surface area contributed by atoms with Crippen LogP contribution >= 0.6 is 11.6 Å². The maximum Gasteiger partial charge on any atom is 0.124 e. The highest BCUT2D eigenvalue weighted by atomic mass is 35.5. The van der Waals surface area contributed by atoms with E-state index < -0.39 is 0 Å². The highest BCUT2D eigenvalue weighted by Crippen LogP contribution is 2.39. The van der Waals surface area contributed by atoms with E-state index in [1.807, 2.05) is 6.07 Å². The average Bonchev–Trinajstić information content (AvgIpc) is 3.02. The zero-order valence-corrected chi connectivity index (χ0v) is 13.8. The van der Waals surface area contributed by atoms with E-state index in [-0.39, 0.29) is 5.82 Å². The summed E-state index contributed by atoms with van der Waals surface area (Å²) >= 11 is 6.20. The molecular formula is C18H26ClFN2. The van der Waals surface area contributed by atoms with Crippen LogP contribution in [0, 0.1) is 11.7 Å². The minimum Gasteiger partial charge on any atom is -0.315 e. The van der Waals surface area contributed by atoms with Gasteiger partial charge in [0.1, 0.15) is 5.82 Å². The van der Waals surface area contributed by atoms with E-state index >= 15 is 0 Å². The molecule has 1 aliphatic heterocycles. The lowest BCUT2D eigenvalue weighted by Crippen LogP contribution is -2.32. The fourth-order valence-electron chi connectivity index (χ4n) is 3.92. The molecule has 1 heterocycles. The van der Waals surface area contributed by atoms with Gasteiger partial charge in [0.05, 0.1) is 0 Å². The summed E-state index contributed by atoms with van der Waals surface area (Å²) in [4.78, 5) is 0. The topological polar surface area (TPSA) is 24.1 Å². The molecule has 3 rings (SSSR count). The van der Waals surface area contributed by atoms with Crippen molar-refractivity contribution in [1.29, 1.82) is 0 Å². The number of nitrogens with one attached hydrogen (secondary N) is 2. The van der Waals surface area contributed by atoms with Crippen LogP contribution in [-0.4, -0.2) is 25.7 Å². The summed E-state index contributed by atoms with van der Waals surface area (Å²) in [5.74, 6) is 1.10. The Morgan fingerprint density at radius 1 is 1.18 bits per heavy atom. The van der Waals surface area contributed by atoms with E-state index in [4.69, 9.17) is 11.6 Å². The average molecular weight is 325 g/mol. The van der Waals surface area contributed by atoms with Crippen LogP contribution in [0.3, 0.4) is 0 Å². The Bertz CT molecular complexity index is 480. The Labute approximate surface area is 137 Å². The lowest BCUT2D eigenvalue weighted by atomic mass is 9.77. The Morgan fingerprint density at radius 2 is 2.00 bits per heavy atom. The number of hydrogen-bond acceptors (Lipinski definition) is 2. The van der Waals surface area contributed by atoms with Gasteiger partial charge in [-0.1, -0.05) is 17.7 Å². The SMILES string of the molecule is Fc1ccc(C2CCC(CCNC3CCNC3)CC2)c(Cl)c1. The van der Waals surface area contributed by atoms with E-state index in [2.05, 4.69) is 10.6 Å². The summed E-state index contributed by atoms with van der Waals surface area (Å²) in [5.41, 5.74) is 1.14. The zero-order valence-electron chi connectivity index (χ0n) is 13.1. The fraction of sp³-hybridized carbons (Fsp3) is 0.667. The molecule has 2 aliphatic rings. The Hall–Kier alpha value is -0.640. The van der Waals surface area contributed by atoms with Crippen LogP contribution in [0.5, 0.6) is 0 Å². The summed E-state index contributed by atoms with van der Waals surface area (Å²) < 4.78 is 13.1. The molecule has 0 spiro atoms. The minimum absolute atomic E-state index is 0.241. The lowest BCUT2D eigenvalue weighted by Gasteiger charge is -2.29. The fourth-order valence-corrected chi connectivity index (χ4v) is 4.24. The summed E-state index contributed by atoms with van der Waals surface area (Å²) in [7, 11) is 0. The number of hydrogen-bond donors (Lipinski definition) is 2. The van der Waals surface area contributed by atoms with Crippen molar-refractivity contribution in [2.24, 2.45) is 5.92 Å². The molecule has 1 saturated heterocycles. The van der Waals surface area contributed by atoms with Crippen molar-refractivity contribution in [3.05, 3.63) is 34.6 Å². The molecular weight excluding hydrogens is 299 g/mol. The molecule has 0 radical (unpaired) electrons. The monoisotopic (exact) mass is 324 g/mol. The van der Waals surface area contributed by atoms with Gasteiger partial charge in [-0.3, -0.25) is 0 Å². The molecule has 0 aromatic heterocycles. The third kappa shape index (κ3) is 4.21. The molecule has 2 nitrogen and oxygen atoms in total. The van der Waals surface area contributed by atoms with E-state index in [9.17, 15) is 4.39 Å². The van der Waals surface area contributed by atoms with Crippen LogP contribution < -0.4 is 10.6 Å². The standard InChI is InChI=1S/C18H26ClFN2/c19-18-11-15(20)5-6-17(18)14-3-1-13(2-4-14)7-10-22-16-8-9-21-12-16/h5-6,11,13-14,16,21-22H,1-4,7-10,12H2. The van der Waals surface area contributed by atoms with Crippen molar-refractivity contribution in [3.8, 4) is 0 Å². The van der Waals surface area contributed by atoms with Gasteiger partial charge in [-0.15, -0.1) is 0 Å². The second-order valence-electron chi connectivity index (χ2n) is 6.82. The molecule has 1 atom stereocenters. The lowest BCUT2D eigenvalue weighted by molar-refractivity contribution is 0.303. The smallest absolute Gasteiger partial charge is 0.124 e. The minimum atomic E-state index is -0.241. The quantitative estimate of drug-likeness (QED) is 0.852. The first-order chi connectivity index (χ1) is 10.7. The number of rotatable bonds is 5. The molecule has 1 aromatic rings. The van der Waals surface area contributed by atoms with Gasteiger partial charge >= 0.3 is 0 Å². The molecule has 122 valence electrons. The van der Waals surface area contributed by atoms with Crippen molar-refractivity contribution < 1.29 is 4.39 Å². The third-order valence-electron chi connectivity index (χ3n) is 5.29. The molecule has 0 bridgehead atoms. The van der Waals surface area contributed by atoms with Gasteiger partial charge in [-0.25, -0.2) is 4.39 Å². The van der Waals surface area contributed by atoms with Crippen LogP contribution in [0.25, 0.3) is 0 Å². The van der Waals surface area contributed by atoms with Gasteiger partial charge in [-0.05, 0) is 81.1 Å². The van der Waals surface area contributed by atoms with E-state index in [0.717, 1.165) is 31.1 Å². The molecule has 1 saturated carbocycles. The van der Waals surface area contributed by atoms with Gasteiger partial charge < -0.3 is 10.6 Å². The summed E-state index contributed by atoms with van der Waals surface area (Å²) in [6, 6.07) is 5.53. The molecule has 1 aliphatic carbocycles. The molecule has 0 amide bonds. The van der Waals surface area contributed by atoms with Gasteiger partial charge in [0.2, 0.25) is 0 Å². The van der Waals surface area contributed by atoms with Crippen molar-refractivity contribution >= 4 is 11.6 Å². The Morgan fingerprint density at radius 3 is 2.68 bits per heavy atom. The third-order valence-corrected chi connectivity index (χ3v) is 5.62.